The molecule has 1 aliphatic rings. The molecule has 0 bridgehead atoms. The van der Waals surface area contributed by atoms with Crippen molar-refractivity contribution in [2.24, 2.45) is 5.90 Å². The molecular formula is C8H18N2O3S. The van der Waals surface area contributed by atoms with Crippen LogP contribution in [0.1, 0.15) is 12.8 Å². The van der Waals surface area contributed by atoms with Gasteiger partial charge in [-0.15, -0.1) is 0 Å². The van der Waals surface area contributed by atoms with E-state index in [0.29, 0.717) is 6.54 Å². The zero-order chi connectivity index (χ0) is 10.6. The number of hydrogen-bond donors (Lipinski definition) is 1. The van der Waals surface area contributed by atoms with Crippen molar-refractivity contribution in [2.75, 3.05) is 31.6 Å². The van der Waals surface area contributed by atoms with Crippen molar-refractivity contribution in [1.29, 1.82) is 0 Å². The second-order valence-corrected chi connectivity index (χ2v) is 6.07. The summed E-state index contributed by atoms with van der Waals surface area (Å²) in [6.07, 6.45) is 3.19. The van der Waals surface area contributed by atoms with Crippen molar-refractivity contribution < 1.29 is 13.3 Å². The van der Waals surface area contributed by atoms with E-state index in [1.54, 1.807) is 0 Å². The molecule has 0 radical (unpaired) electrons. The lowest BCUT2D eigenvalue weighted by molar-refractivity contribution is 0.00784. The summed E-state index contributed by atoms with van der Waals surface area (Å²) in [7, 11) is -2.84. The summed E-state index contributed by atoms with van der Waals surface area (Å²) in [6, 6.07) is 0. The molecule has 0 spiro atoms. The smallest absolute Gasteiger partial charge is 0.148 e. The molecule has 0 saturated carbocycles. The van der Waals surface area contributed by atoms with E-state index in [1.165, 1.54) is 6.26 Å². The first-order valence-corrected chi connectivity index (χ1v) is 6.83. The van der Waals surface area contributed by atoms with Gasteiger partial charge in [0.15, 0.2) is 0 Å². The SMILES string of the molecule is CS(=O)(=O)CCN1CCC(ON)CC1. The van der Waals surface area contributed by atoms with Gasteiger partial charge in [-0.25, -0.2) is 14.3 Å². The molecule has 1 rings (SSSR count). The summed E-state index contributed by atoms with van der Waals surface area (Å²) in [4.78, 5) is 6.88. The van der Waals surface area contributed by atoms with Crippen LogP contribution in [0.15, 0.2) is 0 Å². The molecule has 2 N–H and O–H groups in total. The first-order valence-electron chi connectivity index (χ1n) is 4.77. The summed E-state index contributed by atoms with van der Waals surface area (Å²) in [6.45, 7) is 2.37. The third-order valence-electron chi connectivity index (χ3n) is 2.51. The zero-order valence-electron chi connectivity index (χ0n) is 8.48. The van der Waals surface area contributed by atoms with Crippen molar-refractivity contribution >= 4 is 9.84 Å². The van der Waals surface area contributed by atoms with E-state index in [2.05, 4.69) is 4.90 Å². The fraction of sp³-hybridized carbons (Fsp3) is 1.00. The maximum atomic E-state index is 10.9. The average molecular weight is 222 g/mol. The number of hydrogen-bond acceptors (Lipinski definition) is 5. The van der Waals surface area contributed by atoms with Crippen LogP contribution in [-0.4, -0.2) is 51.1 Å². The van der Waals surface area contributed by atoms with E-state index in [4.69, 9.17) is 10.7 Å². The van der Waals surface area contributed by atoms with Gasteiger partial charge >= 0.3 is 0 Å². The maximum Gasteiger partial charge on any atom is 0.148 e. The Labute approximate surface area is 85.1 Å². The molecule has 0 aliphatic carbocycles. The predicted molar refractivity (Wildman–Crippen MR) is 54.4 cm³/mol. The van der Waals surface area contributed by atoms with E-state index in [9.17, 15) is 8.42 Å². The summed E-state index contributed by atoms with van der Waals surface area (Å²) >= 11 is 0. The van der Waals surface area contributed by atoms with Crippen LogP contribution >= 0.6 is 0 Å². The van der Waals surface area contributed by atoms with Crippen molar-refractivity contribution in [2.45, 2.75) is 18.9 Å². The van der Waals surface area contributed by atoms with Crippen molar-refractivity contribution in [3.63, 3.8) is 0 Å². The van der Waals surface area contributed by atoms with Gasteiger partial charge in [0.1, 0.15) is 9.84 Å². The minimum absolute atomic E-state index is 0.143. The Kier molecular flexibility index (Phi) is 4.31. The normalized spacial score (nSPS) is 21.3. The Hall–Kier alpha value is -0.170. The molecular weight excluding hydrogens is 204 g/mol. The van der Waals surface area contributed by atoms with Crippen LogP contribution in [0.2, 0.25) is 0 Å². The highest BCUT2D eigenvalue weighted by Crippen LogP contribution is 2.11. The molecule has 0 aromatic heterocycles. The minimum atomic E-state index is -2.84. The van der Waals surface area contributed by atoms with E-state index in [1.807, 2.05) is 0 Å². The summed E-state index contributed by atoms with van der Waals surface area (Å²) < 4.78 is 21.8. The molecule has 0 aromatic rings. The highest BCUT2D eigenvalue weighted by molar-refractivity contribution is 7.90. The maximum absolute atomic E-state index is 10.9. The highest BCUT2D eigenvalue weighted by Gasteiger charge is 2.19. The van der Waals surface area contributed by atoms with Crippen LogP contribution in [-0.2, 0) is 14.7 Å². The van der Waals surface area contributed by atoms with Crippen molar-refractivity contribution in [3.8, 4) is 0 Å². The van der Waals surface area contributed by atoms with Gasteiger partial charge in [0.25, 0.3) is 0 Å². The number of sulfone groups is 1. The van der Waals surface area contributed by atoms with Crippen LogP contribution in [0.4, 0.5) is 0 Å². The van der Waals surface area contributed by atoms with Crippen LogP contribution in [0.25, 0.3) is 0 Å². The van der Waals surface area contributed by atoms with Gasteiger partial charge in [0.05, 0.1) is 11.9 Å². The molecule has 84 valence electrons. The molecule has 5 nitrogen and oxygen atoms in total. The Balaban J connectivity index is 2.23. The predicted octanol–water partition coefficient (Wildman–Crippen LogP) is -0.614. The lowest BCUT2D eigenvalue weighted by Crippen LogP contribution is -2.40. The van der Waals surface area contributed by atoms with Crippen molar-refractivity contribution in [1.82, 2.24) is 4.90 Å². The molecule has 0 atom stereocenters. The first-order chi connectivity index (χ1) is 6.51. The topological polar surface area (TPSA) is 72.6 Å². The molecule has 6 heteroatoms. The van der Waals surface area contributed by atoms with E-state index in [0.717, 1.165) is 25.9 Å². The van der Waals surface area contributed by atoms with Gasteiger partial charge < -0.3 is 9.74 Å². The standard InChI is InChI=1S/C8H18N2O3S/c1-14(11,12)7-6-10-4-2-8(13-9)3-5-10/h8H,2-7,9H2,1H3. The molecule has 0 amide bonds. The number of likely N-dealkylation sites (tertiary alicyclic amines) is 1. The third-order valence-corrected chi connectivity index (χ3v) is 3.43. The molecule has 1 saturated heterocycles. The number of rotatable bonds is 4. The molecule has 0 unspecified atom stereocenters. The van der Waals surface area contributed by atoms with Gasteiger partial charge in [0.2, 0.25) is 0 Å². The van der Waals surface area contributed by atoms with Gasteiger partial charge in [-0.05, 0) is 12.8 Å². The summed E-state index contributed by atoms with van der Waals surface area (Å²) in [5.41, 5.74) is 0. The van der Waals surface area contributed by atoms with E-state index in [-0.39, 0.29) is 11.9 Å². The minimum Gasteiger partial charge on any atom is -0.302 e. The largest absolute Gasteiger partial charge is 0.302 e. The second kappa shape index (κ2) is 5.06. The zero-order valence-corrected chi connectivity index (χ0v) is 9.29. The fourth-order valence-corrected chi connectivity index (χ4v) is 2.15. The van der Waals surface area contributed by atoms with Crippen molar-refractivity contribution in [3.05, 3.63) is 0 Å². The monoisotopic (exact) mass is 222 g/mol. The van der Waals surface area contributed by atoms with E-state index >= 15 is 0 Å². The number of nitrogens with two attached hydrogens (primary N) is 1. The molecule has 0 aromatic carbocycles. The van der Waals surface area contributed by atoms with Gasteiger partial charge in [-0.1, -0.05) is 0 Å². The lowest BCUT2D eigenvalue weighted by atomic mass is 10.1. The van der Waals surface area contributed by atoms with E-state index < -0.39 is 9.84 Å². The molecule has 1 aliphatic heterocycles. The molecule has 1 fully saturated rings. The van der Waals surface area contributed by atoms with Crippen LogP contribution < -0.4 is 5.90 Å². The molecule has 14 heavy (non-hydrogen) atoms. The highest BCUT2D eigenvalue weighted by atomic mass is 32.2. The number of nitrogens with zero attached hydrogens (tertiary/aromatic N) is 1. The Bertz CT molecular complexity index is 258. The first kappa shape index (κ1) is 11.9. The van der Waals surface area contributed by atoms with Crippen LogP contribution in [0, 0.1) is 0 Å². The Morgan fingerprint density at radius 3 is 2.43 bits per heavy atom. The van der Waals surface area contributed by atoms with Gasteiger partial charge in [-0.2, -0.15) is 0 Å². The van der Waals surface area contributed by atoms with Crippen LogP contribution in [0.3, 0.4) is 0 Å². The quantitative estimate of drug-likeness (QED) is 0.642. The van der Waals surface area contributed by atoms with Gasteiger partial charge in [0, 0.05) is 25.9 Å². The average Bonchev–Trinajstić information content (AvgIpc) is 2.14. The fourth-order valence-electron chi connectivity index (χ4n) is 1.56. The summed E-state index contributed by atoms with van der Waals surface area (Å²) in [5, 5.41) is 0. The lowest BCUT2D eigenvalue weighted by Gasteiger charge is -2.30. The summed E-state index contributed by atoms with van der Waals surface area (Å²) in [5.74, 6) is 5.31. The molecule has 1 heterocycles. The third kappa shape index (κ3) is 4.36. The second-order valence-electron chi connectivity index (χ2n) is 3.81. The number of piperidine rings is 1. The Morgan fingerprint density at radius 1 is 1.43 bits per heavy atom. The Morgan fingerprint density at radius 2 is 2.00 bits per heavy atom. The van der Waals surface area contributed by atoms with Crippen LogP contribution in [0.5, 0.6) is 0 Å². The van der Waals surface area contributed by atoms with Gasteiger partial charge in [-0.3, -0.25) is 0 Å².